The summed E-state index contributed by atoms with van der Waals surface area (Å²) in [6, 6.07) is 0. The zero-order chi connectivity index (χ0) is 13.9. The van der Waals surface area contributed by atoms with Crippen LogP contribution in [-0.4, -0.2) is 37.4 Å². The van der Waals surface area contributed by atoms with Gasteiger partial charge >= 0.3 is 0 Å². The van der Waals surface area contributed by atoms with Crippen LogP contribution in [0.5, 0.6) is 0 Å². The fourth-order valence-electron chi connectivity index (χ4n) is 3.60. The summed E-state index contributed by atoms with van der Waals surface area (Å²) in [6.45, 7) is 1.43. The minimum atomic E-state index is -3.01. The van der Waals surface area contributed by atoms with E-state index in [9.17, 15) is 8.42 Å². The molecule has 0 N–H and O–H groups in total. The minimum absolute atomic E-state index is 0.335. The van der Waals surface area contributed by atoms with Crippen LogP contribution in [0.3, 0.4) is 0 Å². The van der Waals surface area contributed by atoms with E-state index in [2.05, 4.69) is 0 Å². The third kappa shape index (κ3) is 4.91. The second-order valence-electron chi connectivity index (χ2n) is 6.35. The van der Waals surface area contributed by atoms with Crippen molar-refractivity contribution < 1.29 is 8.42 Å². The highest BCUT2D eigenvalue weighted by Crippen LogP contribution is 2.33. The van der Waals surface area contributed by atoms with Crippen molar-refractivity contribution in [3.8, 4) is 0 Å². The molecule has 0 aromatic heterocycles. The fourth-order valence-corrected chi connectivity index (χ4v) is 4.95. The van der Waals surface area contributed by atoms with Crippen LogP contribution in [0, 0.1) is 11.8 Å². The summed E-state index contributed by atoms with van der Waals surface area (Å²) in [5.41, 5.74) is 0. The predicted molar refractivity (Wildman–Crippen MR) is 80.0 cm³/mol. The van der Waals surface area contributed by atoms with Gasteiger partial charge in [0.05, 0.1) is 6.26 Å². The van der Waals surface area contributed by atoms with Gasteiger partial charge < -0.3 is 0 Å². The van der Waals surface area contributed by atoms with Gasteiger partial charge in [0.15, 0.2) is 0 Å². The summed E-state index contributed by atoms with van der Waals surface area (Å²) >= 11 is 6.33. The second-order valence-corrected chi connectivity index (χ2v) is 8.95. The summed E-state index contributed by atoms with van der Waals surface area (Å²) in [6.07, 6.45) is 10.8. The molecule has 112 valence electrons. The Morgan fingerprint density at radius 1 is 1.11 bits per heavy atom. The van der Waals surface area contributed by atoms with Crippen molar-refractivity contribution >= 4 is 21.6 Å². The van der Waals surface area contributed by atoms with Crippen molar-refractivity contribution in [2.75, 3.05) is 19.3 Å². The Bertz CT molecular complexity index is 385. The van der Waals surface area contributed by atoms with Gasteiger partial charge in [0.25, 0.3) is 0 Å². The van der Waals surface area contributed by atoms with E-state index in [0.29, 0.717) is 23.8 Å². The first-order valence-corrected chi connectivity index (χ1v) is 9.83. The molecule has 1 saturated carbocycles. The molecule has 2 aliphatic rings. The summed E-state index contributed by atoms with van der Waals surface area (Å²) in [5, 5.41) is 0.335. The first kappa shape index (κ1) is 15.6. The highest BCUT2D eigenvalue weighted by atomic mass is 35.5. The van der Waals surface area contributed by atoms with E-state index in [1.807, 2.05) is 0 Å². The SMILES string of the molecule is CS(=O)(=O)N1CCCC(CC2CCCCC(Cl)C2)C1. The minimum Gasteiger partial charge on any atom is -0.213 e. The van der Waals surface area contributed by atoms with Crippen LogP contribution >= 0.6 is 11.6 Å². The van der Waals surface area contributed by atoms with Crippen LogP contribution in [0.4, 0.5) is 0 Å². The highest BCUT2D eigenvalue weighted by molar-refractivity contribution is 7.88. The van der Waals surface area contributed by atoms with Gasteiger partial charge in [-0.3, -0.25) is 0 Å². The lowest BCUT2D eigenvalue weighted by atomic mass is 9.85. The molecule has 19 heavy (non-hydrogen) atoms. The second kappa shape index (κ2) is 6.77. The third-order valence-electron chi connectivity index (χ3n) is 4.59. The van der Waals surface area contributed by atoms with Gasteiger partial charge in [-0.1, -0.05) is 19.3 Å². The van der Waals surface area contributed by atoms with Crippen LogP contribution in [0.15, 0.2) is 0 Å². The van der Waals surface area contributed by atoms with Gasteiger partial charge in [-0.05, 0) is 43.9 Å². The first-order chi connectivity index (χ1) is 8.95. The first-order valence-electron chi connectivity index (χ1n) is 7.54. The smallest absolute Gasteiger partial charge is 0.211 e. The fraction of sp³-hybridized carbons (Fsp3) is 1.00. The van der Waals surface area contributed by atoms with Gasteiger partial charge in [-0.25, -0.2) is 12.7 Å². The number of alkyl halides is 1. The summed E-state index contributed by atoms with van der Waals surface area (Å²) in [7, 11) is -3.01. The molecule has 0 spiro atoms. The van der Waals surface area contributed by atoms with Crippen molar-refractivity contribution in [3.05, 3.63) is 0 Å². The quantitative estimate of drug-likeness (QED) is 0.593. The number of nitrogens with zero attached hydrogens (tertiary/aromatic N) is 1. The molecule has 2 rings (SSSR count). The van der Waals surface area contributed by atoms with Crippen LogP contribution in [0.2, 0.25) is 0 Å². The van der Waals surface area contributed by atoms with Crippen molar-refractivity contribution in [2.45, 2.75) is 56.7 Å². The maximum absolute atomic E-state index is 11.6. The van der Waals surface area contributed by atoms with Crippen LogP contribution in [0.25, 0.3) is 0 Å². The van der Waals surface area contributed by atoms with Gasteiger partial charge in [-0.15, -0.1) is 11.6 Å². The van der Waals surface area contributed by atoms with Crippen molar-refractivity contribution in [2.24, 2.45) is 11.8 Å². The number of piperidine rings is 1. The molecular formula is C14H26ClNO2S. The Labute approximate surface area is 122 Å². The van der Waals surface area contributed by atoms with Gasteiger partial charge in [0.1, 0.15) is 0 Å². The molecule has 0 aromatic rings. The molecule has 1 saturated heterocycles. The van der Waals surface area contributed by atoms with Crippen molar-refractivity contribution in [1.29, 1.82) is 0 Å². The molecule has 5 heteroatoms. The number of hydrogen-bond acceptors (Lipinski definition) is 2. The zero-order valence-electron chi connectivity index (χ0n) is 11.9. The lowest BCUT2D eigenvalue weighted by Crippen LogP contribution is -2.39. The number of halogens is 1. The largest absolute Gasteiger partial charge is 0.213 e. The molecule has 0 aromatic carbocycles. The van der Waals surface area contributed by atoms with Gasteiger partial charge in [-0.2, -0.15) is 0 Å². The lowest BCUT2D eigenvalue weighted by Gasteiger charge is -2.33. The molecule has 1 aliphatic heterocycles. The number of sulfonamides is 1. The maximum Gasteiger partial charge on any atom is 0.211 e. The topological polar surface area (TPSA) is 37.4 Å². The molecule has 0 bridgehead atoms. The number of rotatable bonds is 3. The average Bonchev–Trinajstić information content (AvgIpc) is 2.53. The highest BCUT2D eigenvalue weighted by Gasteiger charge is 2.28. The molecule has 1 aliphatic carbocycles. The van der Waals surface area contributed by atoms with Gasteiger partial charge in [0.2, 0.25) is 10.0 Å². The van der Waals surface area contributed by atoms with E-state index in [4.69, 9.17) is 11.6 Å². The molecule has 2 fully saturated rings. The van der Waals surface area contributed by atoms with Gasteiger partial charge in [0, 0.05) is 18.5 Å². The Morgan fingerprint density at radius 2 is 1.79 bits per heavy atom. The molecule has 0 amide bonds. The van der Waals surface area contributed by atoms with E-state index in [0.717, 1.165) is 32.2 Å². The van der Waals surface area contributed by atoms with E-state index in [1.165, 1.54) is 31.9 Å². The molecule has 0 radical (unpaired) electrons. The van der Waals surface area contributed by atoms with Crippen molar-refractivity contribution in [1.82, 2.24) is 4.31 Å². The normalized spacial score (nSPS) is 34.9. The summed E-state index contributed by atoms with van der Waals surface area (Å²) in [4.78, 5) is 0. The van der Waals surface area contributed by atoms with E-state index < -0.39 is 10.0 Å². The average molecular weight is 308 g/mol. The lowest BCUT2D eigenvalue weighted by molar-refractivity contribution is 0.223. The Hall–Kier alpha value is 0.200. The third-order valence-corrected chi connectivity index (χ3v) is 6.25. The molecule has 3 atom stereocenters. The van der Waals surface area contributed by atoms with Crippen LogP contribution < -0.4 is 0 Å². The van der Waals surface area contributed by atoms with Crippen molar-refractivity contribution in [3.63, 3.8) is 0 Å². The molecule has 1 heterocycles. The predicted octanol–water partition coefficient (Wildman–Crippen LogP) is 3.24. The van der Waals surface area contributed by atoms with Crippen LogP contribution in [-0.2, 0) is 10.0 Å². The Balaban J connectivity index is 1.88. The van der Waals surface area contributed by atoms with Crippen LogP contribution in [0.1, 0.15) is 51.4 Å². The Kier molecular flexibility index (Phi) is 5.55. The summed E-state index contributed by atoms with van der Waals surface area (Å²) in [5.74, 6) is 1.24. The summed E-state index contributed by atoms with van der Waals surface area (Å²) < 4.78 is 24.9. The van der Waals surface area contributed by atoms with E-state index >= 15 is 0 Å². The number of hydrogen-bond donors (Lipinski definition) is 0. The monoisotopic (exact) mass is 307 g/mol. The maximum atomic E-state index is 11.6. The Morgan fingerprint density at radius 3 is 2.53 bits per heavy atom. The van der Waals surface area contributed by atoms with E-state index in [-0.39, 0.29) is 0 Å². The molecular weight excluding hydrogens is 282 g/mol. The standard InChI is InChI=1S/C14H26ClNO2S/c1-19(17,18)16-8-4-6-13(11-16)9-12-5-2-3-7-14(15)10-12/h12-14H,2-11H2,1H3. The zero-order valence-corrected chi connectivity index (χ0v) is 13.4. The molecule has 3 unspecified atom stereocenters. The van der Waals surface area contributed by atoms with E-state index in [1.54, 1.807) is 4.31 Å². The molecule has 3 nitrogen and oxygen atoms in total.